The minimum Gasteiger partial charge on any atom is -0.477 e. The van der Waals surface area contributed by atoms with Crippen molar-refractivity contribution in [3.05, 3.63) is 64.0 Å². The van der Waals surface area contributed by atoms with E-state index in [1.54, 1.807) is 6.07 Å². The van der Waals surface area contributed by atoms with Crippen molar-refractivity contribution in [3.8, 4) is 0 Å². The molecule has 2 aromatic heterocycles. The van der Waals surface area contributed by atoms with E-state index >= 15 is 0 Å². The van der Waals surface area contributed by atoms with Gasteiger partial charge in [0.05, 0.1) is 15.7 Å². The Morgan fingerprint density at radius 2 is 1.96 bits per heavy atom. The molecular formula is C17H15NO4S. The molecule has 1 atom stereocenters. The molecule has 1 unspecified atom stereocenters. The van der Waals surface area contributed by atoms with Gasteiger partial charge in [0.15, 0.2) is 5.58 Å². The standard InChI is InChI=1S/C17H15NO4S/c1-10(11-6-4-3-5-7-11)18(2)15-9-13-14(23-15)8-12(16(19)20)17(21)22-13/h3-10H,1-2H3,(H,19,20). The third kappa shape index (κ3) is 2.85. The van der Waals surface area contributed by atoms with Crippen molar-refractivity contribution in [2.45, 2.75) is 13.0 Å². The zero-order valence-corrected chi connectivity index (χ0v) is 13.5. The second-order valence-corrected chi connectivity index (χ2v) is 6.33. The van der Waals surface area contributed by atoms with Crippen LogP contribution in [0.4, 0.5) is 5.00 Å². The molecule has 0 spiro atoms. The topological polar surface area (TPSA) is 70.8 Å². The Labute approximate surface area is 136 Å². The number of anilines is 1. The number of aromatic carboxylic acids is 1. The second-order valence-electron chi connectivity index (χ2n) is 5.26. The molecule has 23 heavy (non-hydrogen) atoms. The summed E-state index contributed by atoms with van der Waals surface area (Å²) in [4.78, 5) is 24.8. The molecule has 1 aromatic carbocycles. The van der Waals surface area contributed by atoms with Gasteiger partial charge in [0.1, 0.15) is 5.56 Å². The highest BCUT2D eigenvalue weighted by Gasteiger charge is 2.18. The van der Waals surface area contributed by atoms with Crippen LogP contribution in [-0.2, 0) is 0 Å². The third-order valence-electron chi connectivity index (χ3n) is 3.85. The Morgan fingerprint density at radius 3 is 2.61 bits per heavy atom. The van der Waals surface area contributed by atoms with Crippen molar-refractivity contribution >= 4 is 32.6 Å². The first-order valence-electron chi connectivity index (χ1n) is 7.06. The van der Waals surface area contributed by atoms with Crippen molar-refractivity contribution < 1.29 is 14.3 Å². The van der Waals surface area contributed by atoms with Gasteiger partial charge in [0.25, 0.3) is 0 Å². The number of hydrogen-bond donors (Lipinski definition) is 1. The average Bonchev–Trinajstić information content (AvgIpc) is 2.96. The van der Waals surface area contributed by atoms with E-state index in [1.165, 1.54) is 23.0 Å². The summed E-state index contributed by atoms with van der Waals surface area (Å²) in [6.07, 6.45) is 0. The molecule has 0 saturated carbocycles. The lowest BCUT2D eigenvalue weighted by Gasteiger charge is -2.25. The monoisotopic (exact) mass is 329 g/mol. The first kappa shape index (κ1) is 15.3. The Kier molecular flexibility index (Phi) is 3.92. The lowest BCUT2D eigenvalue weighted by Crippen LogP contribution is -2.20. The normalized spacial score (nSPS) is 12.3. The van der Waals surface area contributed by atoms with Gasteiger partial charge in [-0.2, -0.15) is 0 Å². The summed E-state index contributed by atoms with van der Waals surface area (Å²) in [5, 5.41) is 9.92. The molecule has 1 N–H and O–H groups in total. The summed E-state index contributed by atoms with van der Waals surface area (Å²) in [5.74, 6) is -1.28. The maximum atomic E-state index is 11.7. The highest BCUT2D eigenvalue weighted by molar-refractivity contribution is 7.22. The van der Waals surface area contributed by atoms with E-state index in [0.717, 1.165) is 5.00 Å². The largest absolute Gasteiger partial charge is 0.477 e. The number of rotatable bonds is 4. The summed E-state index contributed by atoms with van der Waals surface area (Å²) in [5.41, 5.74) is 0.407. The summed E-state index contributed by atoms with van der Waals surface area (Å²) < 4.78 is 5.76. The van der Waals surface area contributed by atoms with Gasteiger partial charge in [-0.05, 0) is 18.6 Å². The van der Waals surface area contributed by atoms with Gasteiger partial charge in [-0.15, -0.1) is 11.3 Å². The molecular weight excluding hydrogens is 314 g/mol. The van der Waals surface area contributed by atoms with Gasteiger partial charge < -0.3 is 14.4 Å². The van der Waals surface area contributed by atoms with Crippen molar-refractivity contribution in [3.63, 3.8) is 0 Å². The summed E-state index contributed by atoms with van der Waals surface area (Å²) in [7, 11) is 1.96. The van der Waals surface area contributed by atoms with Crippen LogP contribution in [0.15, 0.2) is 51.7 Å². The lowest BCUT2D eigenvalue weighted by molar-refractivity contribution is 0.0692. The van der Waals surface area contributed by atoms with Crippen LogP contribution in [0.2, 0.25) is 0 Å². The first-order valence-corrected chi connectivity index (χ1v) is 7.88. The molecule has 3 aromatic rings. The van der Waals surface area contributed by atoms with Crippen LogP contribution in [0.1, 0.15) is 28.9 Å². The van der Waals surface area contributed by atoms with Gasteiger partial charge >= 0.3 is 11.6 Å². The van der Waals surface area contributed by atoms with E-state index in [2.05, 4.69) is 24.0 Å². The molecule has 0 saturated heterocycles. The smallest absolute Gasteiger partial charge is 0.351 e. The van der Waals surface area contributed by atoms with Gasteiger partial charge in [-0.25, -0.2) is 9.59 Å². The molecule has 0 bridgehead atoms. The number of carboxylic acid groups (broad SMARTS) is 1. The summed E-state index contributed by atoms with van der Waals surface area (Å²) in [6.45, 7) is 2.08. The lowest BCUT2D eigenvalue weighted by atomic mass is 10.1. The van der Waals surface area contributed by atoms with Gasteiger partial charge in [-0.1, -0.05) is 30.3 Å². The van der Waals surface area contributed by atoms with E-state index in [9.17, 15) is 9.59 Å². The average molecular weight is 329 g/mol. The summed E-state index contributed by atoms with van der Waals surface area (Å²) in [6, 6.07) is 13.3. The van der Waals surface area contributed by atoms with E-state index in [0.29, 0.717) is 10.3 Å². The van der Waals surface area contributed by atoms with Gasteiger partial charge in [-0.3, -0.25) is 0 Å². The Morgan fingerprint density at radius 1 is 1.26 bits per heavy atom. The predicted molar refractivity (Wildman–Crippen MR) is 90.6 cm³/mol. The van der Waals surface area contributed by atoms with E-state index in [-0.39, 0.29) is 11.6 Å². The minimum absolute atomic E-state index is 0.134. The fourth-order valence-corrected chi connectivity index (χ4v) is 3.44. The maximum absolute atomic E-state index is 11.7. The molecule has 118 valence electrons. The Hall–Kier alpha value is -2.60. The molecule has 0 amide bonds. The highest BCUT2D eigenvalue weighted by atomic mass is 32.1. The number of hydrogen-bond acceptors (Lipinski definition) is 5. The SMILES string of the molecule is CC(c1ccccc1)N(C)c1cc2oc(=O)c(C(=O)O)cc2s1. The third-order valence-corrected chi connectivity index (χ3v) is 5.00. The quantitative estimate of drug-likeness (QED) is 0.789. The fraction of sp³-hybridized carbons (Fsp3) is 0.176. The Balaban J connectivity index is 2.00. The predicted octanol–water partition coefficient (Wildman–Crippen LogP) is 3.75. The molecule has 3 rings (SSSR count). The van der Waals surface area contributed by atoms with Crippen LogP contribution in [0.5, 0.6) is 0 Å². The minimum atomic E-state index is -1.28. The molecule has 0 aliphatic carbocycles. The van der Waals surface area contributed by atoms with E-state index in [1.807, 2.05) is 25.2 Å². The Bertz CT molecular complexity index is 913. The van der Waals surface area contributed by atoms with Gasteiger partial charge in [0.2, 0.25) is 0 Å². The second kappa shape index (κ2) is 5.89. The fourth-order valence-electron chi connectivity index (χ4n) is 2.37. The first-order chi connectivity index (χ1) is 11.0. The number of carboxylic acids is 1. The van der Waals surface area contributed by atoms with E-state index < -0.39 is 11.6 Å². The van der Waals surface area contributed by atoms with E-state index in [4.69, 9.17) is 9.52 Å². The number of carbonyl (C=O) groups is 1. The number of benzene rings is 1. The maximum Gasteiger partial charge on any atom is 0.351 e. The van der Waals surface area contributed by atoms with Crippen LogP contribution in [0, 0.1) is 0 Å². The zero-order valence-electron chi connectivity index (χ0n) is 12.6. The van der Waals surface area contributed by atoms with Crippen molar-refractivity contribution in [1.29, 1.82) is 0 Å². The molecule has 0 radical (unpaired) electrons. The van der Waals surface area contributed by atoms with Crippen LogP contribution in [0.25, 0.3) is 10.3 Å². The molecule has 0 fully saturated rings. The molecule has 0 aliphatic rings. The highest BCUT2D eigenvalue weighted by Crippen LogP contribution is 2.35. The van der Waals surface area contributed by atoms with Crippen molar-refractivity contribution in [2.75, 3.05) is 11.9 Å². The van der Waals surface area contributed by atoms with Crippen LogP contribution in [0.3, 0.4) is 0 Å². The van der Waals surface area contributed by atoms with Crippen LogP contribution < -0.4 is 10.5 Å². The van der Waals surface area contributed by atoms with Crippen LogP contribution >= 0.6 is 11.3 Å². The number of thiophene rings is 1. The van der Waals surface area contributed by atoms with Crippen molar-refractivity contribution in [2.24, 2.45) is 0 Å². The van der Waals surface area contributed by atoms with Gasteiger partial charge in [0, 0.05) is 13.1 Å². The van der Waals surface area contributed by atoms with Crippen molar-refractivity contribution in [1.82, 2.24) is 0 Å². The summed E-state index contributed by atoms with van der Waals surface area (Å²) >= 11 is 1.40. The molecule has 2 heterocycles. The zero-order chi connectivity index (χ0) is 16.6. The molecule has 0 aliphatic heterocycles. The molecule has 6 heteroatoms. The van der Waals surface area contributed by atoms with Crippen LogP contribution in [-0.4, -0.2) is 18.1 Å². The number of nitrogens with zero attached hydrogens (tertiary/aromatic N) is 1. The number of fused-ring (bicyclic) bond motifs is 1. The molecule has 5 nitrogen and oxygen atoms in total.